The van der Waals surface area contributed by atoms with E-state index in [4.69, 9.17) is 4.98 Å². The Morgan fingerprint density at radius 3 is 2.47 bits per heavy atom. The minimum atomic E-state index is -3.53. The summed E-state index contributed by atoms with van der Waals surface area (Å²) in [5.74, 6) is 0.846. The molecule has 1 aromatic heterocycles. The third kappa shape index (κ3) is 5.60. The smallest absolute Gasteiger partial charge is 0.243 e. The van der Waals surface area contributed by atoms with Crippen LogP contribution in [0.3, 0.4) is 0 Å². The van der Waals surface area contributed by atoms with E-state index >= 15 is 0 Å². The van der Waals surface area contributed by atoms with Gasteiger partial charge in [0.2, 0.25) is 15.9 Å². The summed E-state index contributed by atoms with van der Waals surface area (Å²) in [4.78, 5) is 17.2. The number of aryl methyl sites for hydroxylation is 2. The number of amides is 1. The first-order valence-electron chi connectivity index (χ1n) is 11.1. The number of rotatable bonds is 12. The first-order valence-corrected chi connectivity index (χ1v) is 12.5. The van der Waals surface area contributed by atoms with Gasteiger partial charge in [0.05, 0.1) is 15.9 Å². The molecule has 0 fully saturated rings. The van der Waals surface area contributed by atoms with E-state index in [1.54, 1.807) is 12.1 Å². The average Bonchev–Trinajstić information content (AvgIpc) is 3.04. The lowest BCUT2D eigenvalue weighted by Gasteiger charge is -2.18. The molecule has 1 heterocycles. The maximum absolute atomic E-state index is 12.9. The van der Waals surface area contributed by atoms with E-state index in [-0.39, 0.29) is 16.8 Å². The predicted molar refractivity (Wildman–Crippen MR) is 121 cm³/mol. The number of nitrogens with zero attached hydrogens (tertiary/aromatic N) is 3. The molecule has 2 aromatic rings. The van der Waals surface area contributed by atoms with Crippen molar-refractivity contribution in [3.63, 3.8) is 0 Å². The zero-order valence-electron chi connectivity index (χ0n) is 18.9. The monoisotopic (exact) mass is 436 g/mol. The molecule has 0 saturated carbocycles. The van der Waals surface area contributed by atoms with Gasteiger partial charge >= 0.3 is 0 Å². The van der Waals surface area contributed by atoms with Crippen molar-refractivity contribution in [1.82, 2.24) is 19.2 Å². The van der Waals surface area contributed by atoms with Crippen LogP contribution in [0.2, 0.25) is 0 Å². The topological polar surface area (TPSA) is 84.3 Å². The van der Waals surface area contributed by atoms with E-state index in [9.17, 15) is 13.2 Å². The molecule has 168 valence electrons. The summed E-state index contributed by atoms with van der Waals surface area (Å²) in [6.07, 6.45) is 3.82. The van der Waals surface area contributed by atoms with Gasteiger partial charge in [-0.3, -0.25) is 4.79 Å². The fourth-order valence-electron chi connectivity index (χ4n) is 3.77. The SMILES string of the molecule is CCC[C@H](C)NC(=O)CCc1nc2cc(S(=O)(=O)N(CC)CC)ccc2n1CCC. The molecule has 0 aliphatic carbocycles. The normalized spacial score (nSPS) is 13.1. The molecule has 2 rings (SSSR count). The highest BCUT2D eigenvalue weighted by molar-refractivity contribution is 7.89. The second kappa shape index (κ2) is 10.9. The van der Waals surface area contributed by atoms with Crippen LogP contribution < -0.4 is 5.32 Å². The highest BCUT2D eigenvalue weighted by Gasteiger charge is 2.23. The molecule has 0 aliphatic heterocycles. The minimum Gasteiger partial charge on any atom is -0.354 e. The molecule has 8 heteroatoms. The van der Waals surface area contributed by atoms with Crippen molar-refractivity contribution in [3.8, 4) is 0 Å². The summed E-state index contributed by atoms with van der Waals surface area (Å²) < 4.78 is 29.3. The van der Waals surface area contributed by atoms with Crippen molar-refractivity contribution in [1.29, 1.82) is 0 Å². The predicted octanol–water partition coefficient (Wildman–Crippen LogP) is 3.71. The van der Waals surface area contributed by atoms with Crippen molar-refractivity contribution in [2.75, 3.05) is 13.1 Å². The van der Waals surface area contributed by atoms with Crippen LogP contribution >= 0.6 is 0 Å². The third-order valence-corrected chi connectivity index (χ3v) is 7.34. The molecule has 0 bridgehead atoms. The number of imidazole rings is 1. The van der Waals surface area contributed by atoms with Gasteiger partial charge in [0.25, 0.3) is 0 Å². The fraction of sp³-hybridized carbons (Fsp3) is 0.636. The molecule has 30 heavy (non-hydrogen) atoms. The average molecular weight is 437 g/mol. The van der Waals surface area contributed by atoms with Gasteiger partial charge in [-0.25, -0.2) is 13.4 Å². The molecule has 1 N–H and O–H groups in total. The van der Waals surface area contributed by atoms with Gasteiger partial charge in [0.1, 0.15) is 5.82 Å². The molecular weight excluding hydrogens is 400 g/mol. The summed E-state index contributed by atoms with van der Waals surface area (Å²) in [6, 6.07) is 5.32. The Morgan fingerprint density at radius 2 is 1.87 bits per heavy atom. The van der Waals surface area contributed by atoms with Gasteiger partial charge in [-0.1, -0.05) is 34.1 Å². The number of carbonyl (C=O) groups excluding carboxylic acids is 1. The Kier molecular flexibility index (Phi) is 8.85. The first-order chi connectivity index (χ1) is 14.3. The molecule has 0 spiro atoms. The van der Waals surface area contributed by atoms with E-state index in [0.717, 1.165) is 37.1 Å². The number of nitrogens with one attached hydrogen (secondary N) is 1. The van der Waals surface area contributed by atoms with Crippen molar-refractivity contribution in [2.45, 2.75) is 84.2 Å². The Morgan fingerprint density at radius 1 is 1.17 bits per heavy atom. The Labute approximate surface area is 180 Å². The lowest BCUT2D eigenvalue weighted by Crippen LogP contribution is -2.32. The number of aromatic nitrogens is 2. The molecule has 0 saturated heterocycles. The molecule has 0 radical (unpaired) electrons. The molecule has 1 aromatic carbocycles. The second-order valence-electron chi connectivity index (χ2n) is 7.68. The van der Waals surface area contributed by atoms with Gasteiger partial charge in [0, 0.05) is 38.5 Å². The zero-order chi connectivity index (χ0) is 22.3. The van der Waals surface area contributed by atoms with Crippen LogP contribution in [0, 0.1) is 0 Å². The fourth-order valence-corrected chi connectivity index (χ4v) is 5.25. The van der Waals surface area contributed by atoms with Crippen LogP contribution in [0.5, 0.6) is 0 Å². The van der Waals surface area contributed by atoms with Gasteiger partial charge in [-0.15, -0.1) is 0 Å². The van der Waals surface area contributed by atoms with Crippen LogP contribution in [0.25, 0.3) is 11.0 Å². The number of sulfonamides is 1. The molecule has 1 atom stereocenters. The van der Waals surface area contributed by atoms with Gasteiger partial charge in [0.15, 0.2) is 0 Å². The summed E-state index contributed by atoms with van der Waals surface area (Å²) in [6.45, 7) is 11.5. The Bertz CT molecular complexity index is 949. The highest BCUT2D eigenvalue weighted by atomic mass is 32.2. The number of carbonyl (C=O) groups is 1. The maximum atomic E-state index is 12.9. The standard InChI is InChI=1S/C22H36N4O3S/c1-6-10-17(5)23-22(27)14-13-21-24-19-16-18(30(28,29)25(8-3)9-4)11-12-20(19)26(21)15-7-2/h11-12,16-17H,6-10,13-15H2,1-5H3,(H,23,27)/t17-/m0/s1. The molecular formula is C22H36N4O3S. The van der Waals surface area contributed by atoms with Gasteiger partial charge < -0.3 is 9.88 Å². The number of hydrogen-bond donors (Lipinski definition) is 1. The third-order valence-electron chi connectivity index (χ3n) is 5.29. The highest BCUT2D eigenvalue weighted by Crippen LogP contribution is 2.24. The van der Waals surface area contributed by atoms with Crippen LogP contribution in [0.15, 0.2) is 23.1 Å². The summed E-state index contributed by atoms with van der Waals surface area (Å²) >= 11 is 0. The Balaban J connectivity index is 2.30. The van der Waals surface area contributed by atoms with E-state index in [1.807, 2.05) is 26.8 Å². The lowest BCUT2D eigenvalue weighted by molar-refractivity contribution is -0.121. The summed E-state index contributed by atoms with van der Waals surface area (Å²) in [7, 11) is -3.53. The largest absolute Gasteiger partial charge is 0.354 e. The quantitative estimate of drug-likeness (QED) is 0.550. The van der Waals surface area contributed by atoms with Gasteiger partial charge in [-0.2, -0.15) is 4.31 Å². The van der Waals surface area contributed by atoms with E-state index in [2.05, 4.69) is 23.7 Å². The second-order valence-corrected chi connectivity index (χ2v) is 9.61. The van der Waals surface area contributed by atoms with E-state index < -0.39 is 10.0 Å². The maximum Gasteiger partial charge on any atom is 0.243 e. The van der Waals surface area contributed by atoms with E-state index in [0.29, 0.717) is 31.4 Å². The van der Waals surface area contributed by atoms with Crippen LogP contribution in [-0.2, 0) is 27.8 Å². The number of hydrogen-bond acceptors (Lipinski definition) is 4. The van der Waals surface area contributed by atoms with Crippen molar-refractivity contribution >= 4 is 27.0 Å². The first kappa shape index (κ1) is 24.3. The van der Waals surface area contributed by atoms with Crippen molar-refractivity contribution < 1.29 is 13.2 Å². The molecule has 7 nitrogen and oxygen atoms in total. The van der Waals surface area contributed by atoms with Crippen LogP contribution in [0.4, 0.5) is 0 Å². The molecule has 1 amide bonds. The summed E-state index contributed by atoms with van der Waals surface area (Å²) in [5, 5.41) is 3.03. The molecule has 0 aliphatic rings. The van der Waals surface area contributed by atoms with E-state index in [1.165, 1.54) is 4.31 Å². The van der Waals surface area contributed by atoms with Crippen LogP contribution in [0.1, 0.15) is 66.1 Å². The van der Waals surface area contributed by atoms with Crippen molar-refractivity contribution in [2.24, 2.45) is 0 Å². The zero-order valence-corrected chi connectivity index (χ0v) is 19.8. The van der Waals surface area contributed by atoms with Gasteiger partial charge in [-0.05, 0) is 38.0 Å². The number of fused-ring (bicyclic) bond motifs is 1. The summed E-state index contributed by atoms with van der Waals surface area (Å²) in [5.41, 5.74) is 1.57. The molecule has 0 unspecified atom stereocenters. The minimum absolute atomic E-state index is 0.0239. The van der Waals surface area contributed by atoms with Crippen molar-refractivity contribution in [3.05, 3.63) is 24.0 Å². The lowest BCUT2D eigenvalue weighted by atomic mass is 10.2. The Hall–Kier alpha value is -1.93. The van der Waals surface area contributed by atoms with Crippen LogP contribution in [-0.4, -0.2) is 47.3 Å². The number of benzene rings is 1.